The van der Waals surface area contributed by atoms with Gasteiger partial charge in [0, 0.05) is 19.2 Å². The maximum absolute atomic E-state index is 11.5. The Kier molecular flexibility index (Phi) is 3.22. The average Bonchev–Trinajstić information content (AvgIpc) is 2.14. The summed E-state index contributed by atoms with van der Waals surface area (Å²) in [5.41, 5.74) is -0.0564. The molecule has 2 heterocycles. The van der Waals surface area contributed by atoms with E-state index >= 15 is 0 Å². The number of rotatable bonds is 2. The van der Waals surface area contributed by atoms with Crippen molar-refractivity contribution >= 4 is 5.97 Å². The van der Waals surface area contributed by atoms with Crippen molar-refractivity contribution in [2.75, 3.05) is 20.3 Å². The Morgan fingerprint density at radius 2 is 2.19 bits per heavy atom. The van der Waals surface area contributed by atoms with Gasteiger partial charge >= 0.3 is 5.97 Å². The standard InChI is InChI=1S/C12H21NO3/c1-12(2)8-9(5-7-16-12)13-6-4-10(13)11(14)15-3/h9-10H,4-8H2,1-3H3. The van der Waals surface area contributed by atoms with Gasteiger partial charge in [0.2, 0.25) is 0 Å². The Balaban J connectivity index is 1.95. The summed E-state index contributed by atoms with van der Waals surface area (Å²) in [6.07, 6.45) is 2.96. The van der Waals surface area contributed by atoms with E-state index in [-0.39, 0.29) is 17.6 Å². The molecule has 2 aliphatic rings. The number of methoxy groups -OCH3 is 1. The Hall–Kier alpha value is -0.610. The number of ether oxygens (including phenoxy) is 2. The van der Waals surface area contributed by atoms with Gasteiger partial charge in [0.05, 0.1) is 12.7 Å². The fourth-order valence-electron chi connectivity index (χ4n) is 2.72. The zero-order valence-electron chi connectivity index (χ0n) is 10.4. The SMILES string of the molecule is COC(=O)C1CCN1C1CCOC(C)(C)C1. The Bertz CT molecular complexity index is 277. The second kappa shape index (κ2) is 4.34. The van der Waals surface area contributed by atoms with Crippen molar-refractivity contribution in [2.45, 2.75) is 50.8 Å². The van der Waals surface area contributed by atoms with E-state index in [1.54, 1.807) is 0 Å². The number of likely N-dealkylation sites (tertiary alicyclic amines) is 1. The summed E-state index contributed by atoms with van der Waals surface area (Å²) in [6.45, 7) is 6.04. The van der Waals surface area contributed by atoms with Crippen LogP contribution in [0.5, 0.6) is 0 Å². The predicted octanol–water partition coefficient (Wildman–Crippen LogP) is 1.19. The summed E-state index contributed by atoms with van der Waals surface area (Å²) in [6, 6.07) is 0.463. The monoisotopic (exact) mass is 227 g/mol. The molecule has 0 aromatic rings. The minimum atomic E-state index is -0.0875. The van der Waals surface area contributed by atoms with Crippen molar-refractivity contribution in [3.05, 3.63) is 0 Å². The number of carbonyl (C=O) groups excluding carboxylic acids is 1. The second-order valence-electron chi connectivity index (χ2n) is 5.32. The van der Waals surface area contributed by atoms with E-state index in [0.29, 0.717) is 6.04 Å². The van der Waals surface area contributed by atoms with Crippen molar-refractivity contribution in [1.29, 1.82) is 0 Å². The van der Waals surface area contributed by atoms with Crippen LogP contribution < -0.4 is 0 Å². The van der Waals surface area contributed by atoms with Gasteiger partial charge in [-0.05, 0) is 33.1 Å². The number of hydrogen-bond acceptors (Lipinski definition) is 4. The molecule has 0 saturated carbocycles. The highest BCUT2D eigenvalue weighted by molar-refractivity contribution is 5.76. The van der Waals surface area contributed by atoms with Gasteiger partial charge in [-0.3, -0.25) is 9.69 Å². The van der Waals surface area contributed by atoms with Gasteiger partial charge in [-0.25, -0.2) is 0 Å². The summed E-state index contributed by atoms with van der Waals surface area (Å²) in [5, 5.41) is 0. The lowest BCUT2D eigenvalue weighted by Gasteiger charge is -2.48. The van der Waals surface area contributed by atoms with Crippen molar-refractivity contribution < 1.29 is 14.3 Å². The Labute approximate surface area is 96.9 Å². The molecule has 2 rings (SSSR count). The number of esters is 1. The van der Waals surface area contributed by atoms with Crippen LogP contribution in [0.3, 0.4) is 0 Å². The molecule has 0 radical (unpaired) electrons. The molecule has 2 fully saturated rings. The molecule has 2 saturated heterocycles. The van der Waals surface area contributed by atoms with Gasteiger partial charge in [0.1, 0.15) is 6.04 Å². The maximum atomic E-state index is 11.5. The predicted molar refractivity (Wildman–Crippen MR) is 60.2 cm³/mol. The van der Waals surface area contributed by atoms with Crippen LogP contribution in [-0.2, 0) is 14.3 Å². The van der Waals surface area contributed by atoms with Crippen LogP contribution in [0.2, 0.25) is 0 Å². The first kappa shape index (κ1) is 11.9. The van der Waals surface area contributed by atoms with E-state index in [2.05, 4.69) is 18.7 Å². The second-order valence-corrected chi connectivity index (χ2v) is 5.32. The molecule has 2 atom stereocenters. The number of nitrogens with zero attached hydrogens (tertiary/aromatic N) is 1. The van der Waals surface area contributed by atoms with Gasteiger partial charge in [0.15, 0.2) is 0 Å². The molecule has 16 heavy (non-hydrogen) atoms. The smallest absolute Gasteiger partial charge is 0.323 e. The van der Waals surface area contributed by atoms with Crippen LogP contribution >= 0.6 is 0 Å². The van der Waals surface area contributed by atoms with Crippen LogP contribution in [0.4, 0.5) is 0 Å². The lowest BCUT2D eigenvalue weighted by Crippen LogP contribution is -2.60. The highest BCUT2D eigenvalue weighted by Gasteiger charge is 2.42. The van der Waals surface area contributed by atoms with Gasteiger partial charge in [-0.15, -0.1) is 0 Å². The molecule has 2 aliphatic heterocycles. The van der Waals surface area contributed by atoms with Gasteiger partial charge in [0.25, 0.3) is 0 Å². The van der Waals surface area contributed by atoms with Crippen molar-refractivity contribution in [3.8, 4) is 0 Å². The lowest BCUT2D eigenvalue weighted by atomic mass is 9.88. The fourth-order valence-corrected chi connectivity index (χ4v) is 2.72. The first-order valence-corrected chi connectivity index (χ1v) is 6.01. The van der Waals surface area contributed by atoms with Crippen LogP contribution in [0.25, 0.3) is 0 Å². The molecule has 0 N–H and O–H groups in total. The Morgan fingerprint density at radius 1 is 1.44 bits per heavy atom. The summed E-state index contributed by atoms with van der Waals surface area (Å²) < 4.78 is 10.5. The van der Waals surface area contributed by atoms with Gasteiger partial charge in [-0.1, -0.05) is 0 Å². The molecule has 0 amide bonds. The Morgan fingerprint density at radius 3 is 2.69 bits per heavy atom. The van der Waals surface area contributed by atoms with E-state index in [9.17, 15) is 4.79 Å². The summed E-state index contributed by atoms with van der Waals surface area (Å²) in [4.78, 5) is 13.8. The zero-order chi connectivity index (χ0) is 11.8. The lowest BCUT2D eigenvalue weighted by molar-refractivity contribution is -0.159. The third kappa shape index (κ3) is 2.23. The van der Waals surface area contributed by atoms with Crippen LogP contribution in [0.15, 0.2) is 0 Å². The van der Waals surface area contributed by atoms with E-state index in [1.807, 2.05) is 0 Å². The molecule has 0 spiro atoms. The van der Waals surface area contributed by atoms with Crippen molar-refractivity contribution in [1.82, 2.24) is 4.90 Å². The molecule has 0 bridgehead atoms. The highest BCUT2D eigenvalue weighted by atomic mass is 16.5. The van der Waals surface area contributed by atoms with E-state index in [4.69, 9.17) is 9.47 Å². The zero-order valence-corrected chi connectivity index (χ0v) is 10.4. The molecule has 4 nitrogen and oxygen atoms in total. The summed E-state index contributed by atoms with van der Waals surface area (Å²) in [7, 11) is 1.47. The maximum Gasteiger partial charge on any atom is 0.323 e. The number of hydrogen-bond donors (Lipinski definition) is 0. The minimum absolute atomic E-state index is 0.0103. The number of carbonyl (C=O) groups is 1. The minimum Gasteiger partial charge on any atom is -0.468 e. The molecular formula is C12H21NO3. The topological polar surface area (TPSA) is 38.8 Å². The van der Waals surface area contributed by atoms with E-state index in [1.165, 1.54) is 7.11 Å². The normalized spacial score (nSPS) is 34.2. The van der Waals surface area contributed by atoms with Crippen LogP contribution in [0, 0.1) is 0 Å². The molecule has 0 aliphatic carbocycles. The molecule has 0 aromatic carbocycles. The molecule has 2 unspecified atom stereocenters. The van der Waals surface area contributed by atoms with Gasteiger partial charge in [-0.2, -0.15) is 0 Å². The van der Waals surface area contributed by atoms with Crippen LogP contribution in [-0.4, -0.2) is 48.8 Å². The van der Waals surface area contributed by atoms with Crippen LogP contribution in [0.1, 0.15) is 33.1 Å². The van der Waals surface area contributed by atoms with E-state index < -0.39 is 0 Å². The summed E-state index contributed by atoms with van der Waals surface area (Å²) >= 11 is 0. The third-order valence-corrected chi connectivity index (χ3v) is 3.67. The highest BCUT2D eigenvalue weighted by Crippen LogP contribution is 2.32. The van der Waals surface area contributed by atoms with Gasteiger partial charge < -0.3 is 9.47 Å². The third-order valence-electron chi connectivity index (χ3n) is 3.67. The fraction of sp³-hybridized carbons (Fsp3) is 0.917. The molecular weight excluding hydrogens is 206 g/mol. The molecule has 92 valence electrons. The first-order valence-electron chi connectivity index (χ1n) is 6.01. The van der Waals surface area contributed by atoms with E-state index in [0.717, 1.165) is 32.4 Å². The molecule has 0 aromatic heterocycles. The quantitative estimate of drug-likeness (QED) is 0.664. The molecule has 4 heteroatoms. The average molecular weight is 227 g/mol. The van der Waals surface area contributed by atoms with Crippen molar-refractivity contribution in [3.63, 3.8) is 0 Å². The largest absolute Gasteiger partial charge is 0.468 e. The summed E-state index contributed by atoms with van der Waals surface area (Å²) in [5.74, 6) is -0.0875. The first-order chi connectivity index (χ1) is 7.53. The van der Waals surface area contributed by atoms with Crippen molar-refractivity contribution in [2.24, 2.45) is 0 Å².